The smallest absolute Gasteiger partial charge is 0.293 e. The first-order valence-electron chi connectivity index (χ1n) is 3.92. The van der Waals surface area contributed by atoms with Crippen LogP contribution in [0.25, 0.3) is 0 Å². The number of hydrogen-bond acceptors (Lipinski definition) is 1. The Morgan fingerprint density at radius 2 is 1.94 bits per heavy atom. The maximum absolute atomic E-state index is 12.6. The monoisotopic (exact) mass is 382 g/mol. The van der Waals surface area contributed by atoms with Crippen LogP contribution in [0.1, 0.15) is 15.9 Å². The van der Waals surface area contributed by atoms with Crippen molar-refractivity contribution < 1.29 is 18.0 Å². The molecule has 1 nitrogen and oxygen atoms in total. The quantitative estimate of drug-likeness (QED) is 0.421. The fraction of sp³-hybridized carbons (Fsp3) is 0.222. The molecule has 1 aromatic rings. The topological polar surface area (TPSA) is 17.1 Å². The highest BCUT2D eigenvalue weighted by Gasteiger charge is 2.35. The summed E-state index contributed by atoms with van der Waals surface area (Å²) in [6.45, 7) is 0. The van der Waals surface area contributed by atoms with E-state index < -0.39 is 29.0 Å². The normalized spacial score (nSPS) is 11.6. The van der Waals surface area contributed by atoms with Gasteiger partial charge in [-0.1, -0.05) is 11.6 Å². The van der Waals surface area contributed by atoms with Crippen LogP contribution in [0.2, 0.25) is 5.02 Å². The van der Waals surface area contributed by atoms with E-state index in [1.54, 1.807) is 22.6 Å². The van der Waals surface area contributed by atoms with Gasteiger partial charge in [0.2, 0.25) is 0 Å². The molecular weight excluding hydrogens is 379 g/mol. The van der Waals surface area contributed by atoms with Gasteiger partial charge in [0, 0.05) is 9.13 Å². The molecule has 1 aromatic carbocycles. The standard InChI is InChI=1S/C9H4Cl2F3IO/c10-3-8(16)4-1-6(11)7(15)2-5(4)9(12,13)14/h1-2H,3H2. The summed E-state index contributed by atoms with van der Waals surface area (Å²) in [5, 5.41) is 0.0991. The van der Waals surface area contributed by atoms with E-state index in [4.69, 9.17) is 23.2 Å². The van der Waals surface area contributed by atoms with Crippen LogP contribution in [0.15, 0.2) is 12.1 Å². The summed E-state index contributed by atoms with van der Waals surface area (Å²) >= 11 is 12.6. The van der Waals surface area contributed by atoms with E-state index in [1.807, 2.05) is 0 Å². The van der Waals surface area contributed by atoms with E-state index in [0.717, 1.165) is 12.1 Å². The zero-order valence-electron chi connectivity index (χ0n) is 7.54. The molecule has 0 unspecified atom stereocenters. The Morgan fingerprint density at radius 3 is 2.38 bits per heavy atom. The Hall–Kier alpha value is -0.0100. The fourth-order valence-corrected chi connectivity index (χ4v) is 1.86. The molecule has 0 aliphatic carbocycles. The molecule has 0 fully saturated rings. The molecule has 0 amide bonds. The van der Waals surface area contributed by atoms with E-state index in [2.05, 4.69) is 0 Å². The van der Waals surface area contributed by atoms with Crippen molar-refractivity contribution in [1.82, 2.24) is 0 Å². The Balaban J connectivity index is 3.45. The fourth-order valence-electron chi connectivity index (χ4n) is 1.08. The second-order valence-electron chi connectivity index (χ2n) is 2.87. The second kappa shape index (κ2) is 5.10. The van der Waals surface area contributed by atoms with E-state index in [1.165, 1.54) is 0 Å². The summed E-state index contributed by atoms with van der Waals surface area (Å²) in [7, 11) is 0. The third kappa shape index (κ3) is 3.01. The predicted octanol–water partition coefficient (Wildman–Crippen LogP) is 4.38. The minimum atomic E-state index is -4.60. The molecule has 0 aliphatic heterocycles. The van der Waals surface area contributed by atoms with Crippen molar-refractivity contribution >= 4 is 51.6 Å². The summed E-state index contributed by atoms with van der Waals surface area (Å²) in [4.78, 5) is 11.3. The lowest BCUT2D eigenvalue weighted by atomic mass is 10.0. The van der Waals surface area contributed by atoms with E-state index in [9.17, 15) is 18.0 Å². The van der Waals surface area contributed by atoms with Crippen LogP contribution in [0, 0.1) is 3.57 Å². The number of alkyl halides is 4. The molecule has 0 N–H and O–H groups in total. The molecule has 1 rings (SSSR count). The molecule has 0 heterocycles. The molecule has 0 atom stereocenters. The number of ketones is 1. The molecule has 0 saturated carbocycles. The Kier molecular flexibility index (Phi) is 4.48. The SMILES string of the molecule is O=C(CCl)c1cc(Cl)c(I)cc1C(F)(F)F. The third-order valence-electron chi connectivity index (χ3n) is 1.79. The molecule has 7 heteroatoms. The zero-order valence-corrected chi connectivity index (χ0v) is 11.2. The van der Waals surface area contributed by atoms with Crippen LogP contribution in [0.5, 0.6) is 0 Å². The number of carbonyl (C=O) groups excluding carboxylic acids is 1. The first kappa shape index (κ1) is 14.1. The average Bonchev–Trinajstić information content (AvgIpc) is 2.18. The Bertz CT molecular complexity index is 431. The van der Waals surface area contributed by atoms with E-state index in [-0.39, 0.29) is 8.59 Å². The van der Waals surface area contributed by atoms with Gasteiger partial charge in [0.1, 0.15) is 0 Å². The molecule has 88 valence electrons. The van der Waals surface area contributed by atoms with Gasteiger partial charge < -0.3 is 0 Å². The molecule has 0 saturated heterocycles. The Morgan fingerprint density at radius 1 is 1.38 bits per heavy atom. The van der Waals surface area contributed by atoms with Crippen molar-refractivity contribution in [3.63, 3.8) is 0 Å². The van der Waals surface area contributed by atoms with Crippen LogP contribution < -0.4 is 0 Å². The highest BCUT2D eigenvalue weighted by Crippen LogP contribution is 2.35. The number of Topliss-reactive ketones (excluding diaryl/α,β-unsaturated/α-hetero) is 1. The minimum Gasteiger partial charge on any atom is -0.293 e. The maximum Gasteiger partial charge on any atom is 0.417 e. The summed E-state index contributed by atoms with van der Waals surface area (Å²) < 4.78 is 38.1. The van der Waals surface area contributed by atoms with Gasteiger partial charge in [0.05, 0.1) is 16.5 Å². The van der Waals surface area contributed by atoms with Crippen molar-refractivity contribution in [2.45, 2.75) is 6.18 Å². The van der Waals surface area contributed by atoms with Crippen LogP contribution in [-0.4, -0.2) is 11.7 Å². The van der Waals surface area contributed by atoms with Gasteiger partial charge in [0.25, 0.3) is 0 Å². The highest BCUT2D eigenvalue weighted by atomic mass is 127. The largest absolute Gasteiger partial charge is 0.417 e. The average molecular weight is 383 g/mol. The Labute approximate surface area is 113 Å². The van der Waals surface area contributed by atoms with Crippen LogP contribution in [-0.2, 0) is 6.18 Å². The van der Waals surface area contributed by atoms with Crippen molar-refractivity contribution in [2.24, 2.45) is 0 Å². The molecule has 16 heavy (non-hydrogen) atoms. The van der Waals surface area contributed by atoms with Gasteiger partial charge in [-0.25, -0.2) is 0 Å². The van der Waals surface area contributed by atoms with Gasteiger partial charge in [-0.2, -0.15) is 13.2 Å². The number of rotatable bonds is 2. The van der Waals surface area contributed by atoms with Crippen molar-refractivity contribution in [1.29, 1.82) is 0 Å². The molecule has 0 aliphatic rings. The first-order chi connectivity index (χ1) is 7.27. The highest BCUT2D eigenvalue weighted by molar-refractivity contribution is 14.1. The van der Waals surface area contributed by atoms with Crippen molar-refractivity contribution in [2.75, 3.05) is 5.88 Å². The first-order valence-corrected chi connectivity index (χ1v) is 5.92. The summed E-state index contributed by atoms with van der Waals surface area (Å²) in [6, 6.07) is 1.83. The number of carbonyl (C=O) groups is 1. The van der Waals surface area contributed by atoms with Crippen molar-refractivity contribution in [3.8, 4) is 0 Å². The molecule has 0 bridgehead atoms. The predicted molar refractivity (Wildman–Crippen MR) is 64.2 cm³/mol. The van der Waals surface area contributed by atoms with Crippen LogP contribution in [0.4, 0.5) is 13.2 Å². The summed E-state index contributed by atoms with van der Waals surface area (Å²) in [5.41, 5.74) is -1.50. The van der Waals surface area contributed by atoms with Gasteiger partial charge in [-0.15, -0.1) is 11.6 Å². The summed E-state index contributed by atoms with van der Waals surface area (Å²) in [5.74, 6) is -1.31. The van der Waals surface area contributed by atoms with Crippen molar-refractivity contribution in [3.05, 3.63) is 31.9 Å². The molecular formula is C9H4Cl2F3IO. The van der Waals surface area contributed by atoms with Crippen LogP contribution in [0.3, 0.4) is 0 Å². The van der Waals surface area contributed by atoms with E-state index >= 15 is 0 Å². The zero-order chi connectivity index (χ0) is 12.5. The number of benzene rings is 1. The molecule has 0 aromatic heterocycles. The van der Waals surface area contributed by atoms with Gasteiger partial charge in [-0.3, -0.25) is 4.79 Å². The lowest BCUT2D eigenvalue weighted by Crippen LogP contribution is -2.14. The lowest BCUT2D eigenvalue weighted by molar-refractivity contribution is -0.137. The minimum absolute atomic E-state index is 0.0991. The van der Waals surface area contributed by atoms with Gasteiger partial charge >= 0.3 is 6.18 Å². The van der Waals surface area contributed by atoms with Gasteiger partial charge in [-0.05, 0) is 34.7 Å². The number of hydrogen-bond donors (Lipinski definition) is 0. The lowest BCUT2D eigenvalue weighted by Gasteiger charge is -2.12. The third-order valence-corrected chi connectivity index (χ3v) is 3.55. The van der Waals surface area contributed by atoms with Crippen LogP contribution >= 0.6 is 45.8 Å². The maximum atomic E-state index is 12.6. The molecule has 0 spiro atoms. The number of halogens is 6. The van der Waals surface area contributed by atoms with E-state index in [0.29, 0.717) is 0 Å². The summed E-state index contributed by atoms with van der Waals surface area (Å²) in [6.07, 6.45) is -4.60. The second-order valence-corrected chi connectivity index (χ2v) is 4.70. The molecule has 0 radical (unpaired) electrons. The van der Waals surface area contributed by atoms with Gasteiger partial charge in [0.15, 0.2) is 5.78 Å².